The van der Waals surface area contributed by atoms with Crippen molar-refractivity contribution in [1.29, 1.82) is 0 Å². The normalized spacial score (nSPS) is 31.8. The number of carbonyl (C=O) groups excluding carboxylic acids is 7. The number of fused-ring (bicyclic) bond motifs is 13. The fourth-order valence-corrected chi connectivity index (χ4v) is 31.6. The fourth-order valence-electron chi connectivity index (χ4n) is 25.7. The zero-order chi connectivity index (χ0) is 84.1. The van der Waals surface area contributed by atoms with Gasteiger partial charge in [-0.1, -0.05) is 126 Å². The van der Waals surface area contributed by atoms with E-state index in [4.69, 9.17) is 33.2 Å². The van der Waals surface area contributed by atoms with Crippen LogP contribution in [0.15, 0.2) is 48.8 Å². The number of hydrogen-bond donors (Lipinski definition) is 1. The first-order chi connectivity index (χ1) is 57.7. The van der Waals surface area contributed by atoms with E-state index in [0.717, 1.165) is 127 Å². The van der Waals surface area contributed by atoms with Gasteiger partial charge in [0, 0.05) is 100 Å². The predicted molar refractivity (Wildman–Crippen MR) is 472 cm³/mol. The van der Waals surface area contributed by atoms with Gasteiger partial charge in [0.05, 0.1) is 45.2 Å². The molecule has 2 saturated heterocycles. The Bertz CT molecular complexity index is 4330. The van der Waals surface area contributed by atoms with Crippen LogP contribution in [-0.4, -0.2) is 149 Å². The van der Waals surface area contributed by atoms with E-state index in [1.54, 1.807) is 26.4 Å². The first kappa shape index (κ1) is 88.9. The third-order valence-corrected chi connectivity index (χ3v) is 37.7. The minimum atomic E-state index is -0.668. The van der Waals surface area contributed by atoms with Crippen molar-refractivity contribution >= 4 is 107 Å². The molecule has 0 radical (unpaired) electrons. The Balaban J connectivity index is 0.508. The molecule has 2 aliphatic heterocycles. The highest BCUT2D eigenvalue weighted by molar-refractivity contribution is 8.77. The van der Waals surface area contributed by atoms with Crippen LogP contribution in [0.25, 0.3) is 44.3 Å². The number of hydrogen-bond acceptors (Lipinski definition) is 22. The number of amides is 1. The van der Waals surface area contributed by atoms with Crippen LogP contribution in [0.4, 0.5) is 4.79 Å². The summed E-state index contributed by atoms with van der Waals surface area (Å²) in [5, 5.41) is 24.1. The van der Waals surface area contributed by atoms with Crippen molar-refractivity contribution in [2.75, 3.05) is 44.5 Å². The second-order valence-corrected chi connectivity index (χ2v) is 45.5. The van der Waals surface area contributed by atoms with Crippen molar-refractivity contribution in [1.82, 2.24) is 39.9 Å². The number of aromatic nitrogens is 7. The molecule has 120 heavy (non-hydrogen) atoms. The van der Waals surface area contributed by atoms with Crippen molar-refractivity contribution in [2.45, 2.75) is 309 Å². The minimum Gasteiger partial charge on any atom is -0.466 e. The van der Waals surface area contributed by atoms with Gasteiger partial charge in [0.15, 0.2) is 0 Å². The van der Waals surface area contributed by atoms with E-state index < -0.39 is 11.7 Å². The van der Waals surface area contributed by atoms with Gasteiger partial charge >= 0.3 is 41.9 Å². The lowest BCUT2D eigenvalue weighted by molar-refractivity contribution is -0.164. The van der Waals surface area contributed by atoms with Crippen LogP contribution < -0.4 is 5.32 Å². The topological polar surface area (TPSA) is 262 Å². The quantitative estimate of drug-likeness (QED) is 0.0174. The zero-order valence-corrected chi connectivity index (χ0v) is 76.1. The average molecular weight is 1730 g/mol. The maximum absolute atomic E-state index is 13.9. The zero-order valence-electron chi connectivity index (χ0n) is 72.8. The number of ether oxygens (including phenoxy) is 7. The molecular weight excluding hydrogens is 1590 g/mol. The summed E-state index contributed by atoms with van der Waals surface area (Å²) in [5.74, 6) is 8.20. The Hall–Kier alpha value is -5.99. The largest absolute Gasteiger partial charge is 0.466 e. The SMILES string of the molecule is C[C@H](CCC(=O)OCCCOC(=O)CCCCC1CCSS1)C1CCC2C3CCC4CC(OC(=O)Cn5cc(-c6ccc7c8ccc(-c9cn(CC(=O)O[C@@H]%10CCC%11(C)C%12CCC%13(C)C(CCC%13[C@H](C)CCC(=O)OCCCOC(=O)CC%13CCSS%13)C%12CC[C@@H]%11C%10)nn9)cc8n(CCNC(=O)OC(C)(C)C)c7c6)nn5)CCC4(C)C3CCC21C. The molecule has 8 aliphatic carbocycles. The summed E-state index contributed by atoms with van der Waals surface area (Å²) in [4.78, 5) is 91.3. The molecule has 2 aromatic carbocycles. The molecule has 658 valence electrons. The molecule has 1 N–H and O–H groups in total. The third kappa shape index (κ3) is 20.4. The lowest BCUT2D eigenvalue weighted by atomic mass is 9.44. The predicted octanol–water partition coefficient (Wildman–Crippen LogP) is 20.0. The first-order valence-corrected chi connectivity index (χ1v) is 50.9. The molecule has 15 rings (SSSR count). The van der Waals surface area contributed by atoms with Crippen LogP contribution in [0.5, 0.6) is 0 Å². The monoisotopic (exact) mass is 1730 g/mol. The lowest BCUT2D eigenvalue weighted by Gasteiger charge is -2.61. The molecule has 1 amide bonds. The van der Waals surface area contributed by atoms with Gasteiger partial charge in [-0.3, -0.25) is 28.8 Å². The van der Waals surface area contributed by atoms with Gasteiger partial charge in [-0.25, -0.2) is 14.2 Å². The van der Waals surface area contributed by atoms with Crippen molar-refractivity contribution in [3.63, 3.8) is 0 Å². The molecule has 8 saturated carbocycles. The molecule has 0 bridgehead atoms. The lowest BCUT2D eigenvalue weighted by Crippen LogP contribution is -2.54. The van der Waals surface area contributed by atoms with Gasteiger partial charge in [0.2, 0.25) is 0 Å². The highest BCUT2D eigenvalue weighted by atomic mass is 33.1. The average Bonchev–Trinajstić information content (AvgIpc) is 1.52. The van der Waals surface area contributed by atoms with Gasteiger partial charge in [-0.15, -0.1) is 10.2 Å². The Labute approximate surface area is 726 Å². The fraction of sp³-hybridized carbons (Fsp3) is 0.755. The van der Waals surface area contributed by atoms with Crippen molar-refractivity contribution < 1.29 is 66.7 Å². The number of alkyl carbamates (subject to hydrolysis) is 1. The maximum atomic E-state index is 13.9. The standard InChI is InChI=1S/C94H134N8O14S4/c1-59(16-30-84(104)111-45-12-44-110-83(103)15-11-10-14-67-36-48-117-119-67)73-26-28-75-71-24-20-63-52-65(32-38-91(63,6)77(71)34-40-93(73,75)8)114-87(107)57-100-55-79(96-98-100)61-18-22-69-70-23-19-62(51-82(70)102(81(69)50-61)43-42-95-89(109)116-90(3,4)5)80-56-101(99-97-80)58-88(108)115-66-33-39-92(7)64(53-66)21-25-72-76-29-27-74(94(76,9)41-35-78(72)92)60(2)17-31-85(105)112-46-13-47-113-86(106)54-68-37-49-118-120-68/h18-19,22-23,50-51,55-56,59-60,63-68,71-78H,10-17,20-21,24-49,52-54,57-58H2,1-9H3,(H,95,109)/t59-,60-,63?,64-,65?,66-,67?,68?,71?,72?,73?,74?,75?,76?,77?,78?,91?,92?,93?,94?/m1/s1. The van der Waals surface area contributed by atoms with E-state index in [1.165, 1.54) is 82.8 Å². The smallest absolute Gasteiger partial charge is 0.407 e. The number of nitrogens with zero attached hydrogens (tertiary/aromatic N) is 7. The molecule has 22 nitrogen and oxygen atoms in total. The van der Waals surface area contributed by atoms with Crippen molar-refractivity contribution in [2.24, 2.45) is 92.7 Å². The molecule has 3 aromatic heterocycles. The molecular formula is C94H134N8O14S4. The van der Waals surface area contributed by atoms with E-state index in [2.05, 4.69) is 96.3 Å². The molecule has 5 aromatic rings. The Morgan fingerprint density at radius 1 is 0.508 bits per heavy atom. The summed E-state index contributed by atoms with van der Waals surface area (Å²) < 4.78 is 45.8. The van der Waals surface area contributed by atoms with Crippen LogP contribution in [0, 0.1) is 92.7 Å². The molecule has 16 unspecified atom stereocenters. The number of rotatable bonds is 34. The summed E-state index contributed by atoms with van der Waals surface area (Å²) in [6.45, 7) is 22.2. The van der Waals surface area contributed by atoms with Crippen LogP contribution in [-0.2, 0) is 81.6 Å². The molecule has 5 heterocycles. The molecule has 20 atom stereocenters. The highest BCUT2D eigenvalue weighted by Crippen LogP contribution is 2.71. The number of benzene rings is 2. The Morgan fingerprint density at radius 3 is 1.44 bits per heavy atom. The molecule has 10 fully saturated rings. The van der Waals surface area contributed by atoms with E-state index >= 15 is 0 Å². The van der Waals surface area contributed by atoms with Crippen molar-refractivity contribution in [3.8, 4) is 22.5 Å². The van der Waals surface area contributed by atoms with Gasteiger partial charge < -0.3 is 43.0 Å². The Morgan fingerprint density at radius 2 is 0.967 bits per heavy atom. The van der Waals surface area contributed by atoms with Crippen molar-refractivity contribution in [3.05, 3.63) is 48.8 Å². The van der Waals surface area contributed by atoms with E-state index in [9.17, 15) is 33.6 Å². The number of unbranched alkanes of at least 4 members (excludes halogenated alkanes) is 1. The number of esters is 6. The maximum Gasteiger partial charge on any atom is 0.407 e. The molecule has 10 aliphatic rings. The molecule has 0 spiro atoms. The second kappa shape index (κ2) is 38.9. The summed E-state index contributed by atoms with van der Waals surface area (Å²) in [6.07, 6.45) is 32.9. The van der Waals surface area contributed by atoms with E-state index in [-0.39, 0.29) is 116 Å². The summed E-state index contributed by atoms with van der Waals surface area (Å²) >= 11 is 0. The molecule has 26 heteroatoms. The van der Waals surface area contributed by atoms with Gasteiger partial charge in [-0.2, -0.15) is 0 Å². The van der Waals surface area contributed by atoms with E-state index in [0.29, 0.717) is 133 Å². The highest BCUT2D eigenvalue weighted by Gasteiger charge is 2.63. The summed E-state index contributed by atoms with van der Waals surface area (Å²) in [7, 11) is 7.53. The van der Waals surface area contributed by atoms with Crippen LogP contribution in [0.3, 0.4) is 0 Å². The summed E-state index contributed by atoms with van der Waals surface area (Å²) in [6, 6.07) is 12.4. The minimum absolute atomic E-state index is 0.0523. The summed E-state index contributed by atoms with van der Waals surface area (Å²) in [5.41, 5.74) is 4.96. The van der Waals surface area contributed by atoms with Crippen LogP contribution in [0.1, 0.15) is 261 Å². The van der Waals surface area contributed by atoms with Gasteiger partial charge in [0.25, 0.3) is 0 Å². The number of carbonyl (C=O) groups is 7. The first-order valence-electron chi connectivity index (χ1n) is 46.1. The third-order valence-electron chi connectivity index (χ3n) is 31.7. The number of nitrogens with one attached hydrogen (secondary N) is 1. The van der Waals surface area contributed by atoms with Gasteiger partial charge in [0.1, 0.15) is 42.3 Å². The van der Waals surface area contributed by atoms with Crippen LogP contribution in [0.2, 0.25) is 0 Å². The second-order valence-electron chi connectivity index (χ2n) is 39.9. The van der Waals surface area contributed by atoms with E-state index in [1.807, 2.05) is 71.5 Å². The van der Waals surface area contributed by atoms with Gasteiger partial charge in [-0.05, 0) is 280 Å². The Kier molecular flexibility index (Phi) is 28.8. The van der Waals surface area contributed by atoms with Crippen LogP contribution >= 0.6 is 43.2 Å².